The highest BCUT2D eigenvalue weighted by Gasteiger charge is 2.29. The van der Waals surface area contributed by atoms with E-state index in [1.807, 2.05) is 5.43 Å². The number of carboxylic acids is 1. The fraction of sp³-hybridized carbons (Fsp3) is 0.667. The topological polar surface area (TPSA) is 92.4 Å². The van der Waals surface area contributed by atoms with Gasteiger partial charge in [-0.05, 0) is 0 Å². The maximum Gasteiger partial charge on any atom is 0.304 e. The van der Waals surface area contributed by atoms with Gasteiger partial charge in [-0.3, -0.25) is 15.0 Å². The average molecular weight is 160 g/mol. The second kappa shape index (κ2) is 3.34. The van der Waals surface area contributed by atoms with Crippen molar-refractivity contribution in [2.45, 2.75) is 20.3 Å². The van der Waals surface area contributed by atoms with Crippen LogP contribution in [0.4, 0.5) is 0 Å². The Balaban J connectivity index is 4.21. The van der Waals surface area contributed by atoms with Crippen molar-refractivity contribution in [2.75, 3.05) is 0 Å². The summed E-state index contributed by atoms with van der Waals surface area (Å²) in [5, 5.41) is 8.37. The summed E-state index contributed by atoms with van der Waals surface area (Å²) in [6.07, 6.45) is -0.226. The number of nitrogens with one attached hydrogen (secondary N) is 1. The monoisotopic (exact) mass is 160 g/mol. The zero-order valence-electron chi connectivity index (χ0n) is 6.55. The Kier molecular flexibility index (Phi) is 3.00. The SMILES string of the molecule is CC(C)(CC(=O)O)C(=O)NN. The Morgan fingerprint density at radius 2 is 2.00 bits per heavy atom. The Bertz CT molecular complexity index is 177. The molecule has 0 spiro atoms. The van der Waals surface area contributed by atoms with E-state index in [4.69, 9.17) is 10.9 Å². The molecule has 64 valence electrons. The van der Waals surface area contributed by atoms with E-state index in [1.165, 1.54) is 13.8 Å². The zero-order valence-corrected chi connectivity index (χ0v) is 6.55. The van der Waals surface area contributed by atoms with Crippen LogP contribution in [0.5, 0.6) is 0 Å². The van der Waals surface area contributed by atoms with E-state index in [-0.39, 0.29) is 6.42 Å². The fourth-order valence-electron chi connectivity index (χ4n) is 0.654. The van der Waals surface area contributed by atoms with Gasteiger partial charge in [0.2, 0.25) is 5.91 Å². The van der Waals surface area contributed by atoms with Crippen molar-refractivity contribution in [1.82, 2.24) is 5.43 Å². The Labute approximate surface area is 64.5 Å². The lowest BCUT2D eigenvalue weighted by molar-refractivity contribution is -0.144. The van der Waals surface area contributed by atoms with Crippen LogP contribution in [0.15, 0.2) is 0 Å². The zero-order chi connectivity index (χ0) is 9.07. The summed E-state index contributed by atoms with van der Waals surface area (Å²) in [7, 11) is 0. The van der Waals surface area contributed by atoms with E-state index in [9.17, 15) is 9.59 Å². The highest BCUT2D eigenvalue weighted by molar-refractivity contribution is 5.85. The Morgan fingerprint density at radius 1 is 1.55 bits per heavy atom. The Morgan fingerprint density at radius 3 is 2.27 bits per heavy atom. The van der Waals surface area contributed by atoms with E-state index < -0.39 is 17.3 Å². The smallest absolute Gasteiger partial charge is 0.304 e. The molecule has 0 aliphatic rings. The van der Waals surface area contributed by atoms with E-state index in [1.54, 1.807) is 0 Å². The van der Waals surface area contributed by atoms with Gasteiger partial charge in [-0.25, -0.2) is 5.84 Å². The van der Waals surface area contributed by atoms with Gasteiger partial charge in [0.15, 0.2) is 0 Å². The van der Waals surface area contributed by atoms with Gasteiger partial charge in [0.25, 0.3) is 0 Å². The number of carboxylic acid groups (broad SMARTS) is 1. The third-order valence-corrected chi connectivity index (χ3v) is 1.34. The molecular weight excluding hydrogens is 148 g/mol. The van der Waals surface area contributed by atoms with Gasteiger partial charge in [0.05, 0.1) is 11.8 Å². The number of carbonyl (C=O) groups is 2. The molecule has 0 aliphatic carbocycles. The molecule has 0 bridgehead atoms. The number of aliphatic carboxylic acids is 1. The van der Waals surface area contributed by atoms with E-state index >= 15 is 0 Å². The predicted octanol–water partition coefficient (Wildman–Crippen LogP) is -0.523. The molecule has 0 aromatic rings. The molecule has 4 N–H and O–H groups in total. The van der Waals surface area contributed by atoms with Crippen LogP contribution in [0.1, 0.15) is 20.3 Å². The minimum absolute atomic E-state index is 0.226. The van der Waals surface area contributed by atoms with Crippen LogP contribution >= 0.6 is 0 Å². The minimum Gasteiger partial charge on any atom is -0.481 e. The summed E-state index contributed by atoms with van der Waals surface area (Å²) in [5.74, 6) is 3.35. The van der Waals surface area contributed by atoms with Crippen molar-refractivity contribution in [2.24, 2.45) is 11.3 Å². The third kappa shape index (κ3) is 2.99. The summed E-state index contributed by atoms with van der Waals surface area (Å²) in [6, 6.07) is 0. The molecule has 0 radical (unpaired) electrons. The normalized spacial score (nSPS) is 10.8. The van der Waals surface area contributed by atoms with Crippen LogP contribution in [0.25, 0.3) is 0 Å². The summed E-state index contributed by atoms with van der Waals surface area (Å²) in [4.78, 5) is 21.1. The van der Waals surface area contributed by atoms with Crippen LogP contribution in [0, 0.1) is 5.41 Å². The molecule has 0 unspecified atom stereocenters. The molecule has 5 nitrogen and oxygen atoms in total. The third-order valence-electron chi connectivity index (χ3n) is 1.34. The summed E-state index contributed by atoms with van der Waals surface area (Å²) >= 11 is 0. The van der Waals surface area contributed by atoms with Gasteiger partial charge < -0.3 is 5.11 Å². The first-order chi connectivity index (χ1) is 4.90. The molecule has 0 saturated carbocycles. The van der Waals surface area contributed by atoms with Gasteiger partial charge in [0, 0.05) is 0 Å². The van der Waals surface area contributed by atoms with Gasteiger partial charge in [-0.1, -0.05) is 13.8 Å². The van der Waals surface area contributed by atoms with Gasteiger partial charge >= 0.3 is 5.97 Å². The Hall–Kier alpha value is -1.10. The number of nitrogens with two attached hydrogens (primary N) is 1. The molecule has 0 aromatic carbocycles. The second-order valence-corrected chi connectivity index (χ2v) is 2.93. The maximum atomic E-state index is 10.9. The van der Waals surface area contributed by atoms with Crippen molar-refractivity contribution in [1.29, 1.82) is 0 Å². The lowest BCUT2D eigenvalue weighted by atomic mass is 9.89. The molecule has 0 rings (SSSR count). The van der Waals surface area contributed by atoms with E-state index in [0.717, 1.165) is 0 Å². The number of rotatable bonds is 3. The standard InChI is InChI=1S/C6H12N2O3/c1-6(2,3-4(9)10)5(11)8-7/h3,7H2,1-2H3,(H,8,11)(H,9,10). The average Bonchev–Trinajstić information content (AvgIpc) is 1.83. The number of hydrogen-bond acceptors (Lipinski definition) is 3. The number of amides is 1. The van der Waals surface area contributed by atoms with Crippen molar-refractivity contribution in [3.63, 3.8) is 0 Å². The van der Waals surface area contributed by atoms with Crippen LogP contribution < -0.4 is 11.3 Å². The number of hydrogen-bond donors (Lipinski definition) is 3. The first-order valence-electron chi connectivity index (χ1n) is 3.13. The van der Waals surface area contributed by atoms with Crippen LogP contribution in [0.3, 0.4) is 0 Å². The van der Waals surface area contributed by atoms with Gasteiger partial charge in [-0.2, -0.15) is 0 Å². The van der Waals surface area contributed by atoms with Gasteiger partial charge in [0.1, 0.15) is 0 Å². The largest absolute Gasteiger partial charge is 0.481 e. The number of carbonyl (C=O) groups excluding carboxylic acids is 1. The highest BCUT2D eigenvalue weighted by atomic mass is 16.4. The highest BCUT2D eigenvalue weighted by Crippen LogP contribution is 2.19. The van der Waals surface area contributed by atoms with Gasteiger partial charge in [-0.15, -0.1) is 0 Å². The molecule has 0 atom stereocenters. The lowest BCUT2D eigenvalue weighted by Gasteiger charge is -2.19. The summed E-state index contributed by atoms with van der Waals surface area (Å²) in [5.41, 5.74) is 0.964. The molecule has 0 saturated heterocycles. The van der Waals surface area contributed by atoms with Crippen LogP contribution in [-0.4, -0.2) is 17.0 Å². The van der Waals surface area contributed by atoms with E-state index in [2.05, 4.69) is 0 Å². The summed E-state index contributed by atoms with van der Waals surface area (Å²) in [6.45, 7) is 3.03. The molecule has 0 aromatic heterocycles. The van der Waals surface area contributed by atoms with Crippen molar-refractivity contribution >= 4 is 11.9 Å². The van der Waals surface area contributed by atoms with Crippen molar-refractivity contribution < 1.29 is 14.7 Å². The fourth-order valence-corrected chi connectivity index (χ4v) is 0.654. The maximum absolute atomic E-state index is 10.9. The molecular formula is C6H12N2O3. The van der Waals surface area contributed by atoms with E-state index in [0.29, 0.717) is 0 Å². The van der Waals surface area contributed by atoms with Crippen LogP contribution in [-0.2, 0) is 9.59 Å². The first kappa shape index (κ1) is 9.90. The second-order valence-electron chi connectivity index (χ2n) is 2.93. The van der Waals surface area contributed by atoms with Crippen LogP contribution in [0.2, 0.25) is 0 Å². The quantitative estimate of drug-likeness (QED) is 0.294. The first-order valence-corrected chi connectivity index (χ1v) is 3.13. The van der Waals surface area contributed by atoms with Crippen molar-refractivity contribution in [3.05, 3.63) is 0 Å². The molecule has 1 amide bonds. The molecule has 0 aliphatic heterocycles. The molecule has 5 heteroatoms. The molecule has 0 fully saturated rings. The predicted molar refractivity (Wildman–Crippen MR) is 38.4 cm³/mol. The molecule has 11 heavy (non-hydrogen) atoms. The van der Waals surface area contributed by atoms with Crippen molar-refractivity contribution in [3.8, 4) is 0 Å². The minimum atomic E-state index is -1.02. The molecule has 0 heterocycles. The lowest BCUT2D eigenvalue weighted by Crippen LogP contribution is -2.42. The number of hydrazine groups is 1. The summed E-state index contributed by atoms with van der Waals surface area (Å²) < 4.78 is 0.